The van der Waals surface area contributed by atoms with E-state index < -0.39 is 18.1 Å². The van der Waals surface area contributed by atoms with E-state index in [9.17, 15) is 19.8 Å². The highest BCUT2D eigenvalue weighted by atomic mass is 35.5. The number of ketones is 2. The van der Waals surface area contributed by atoms with Gasteiger partial charge in [0, 0.05) is 22.3 Å². The van der Waals surface area contributed by atoms with Crippen LogP contribution in [-0.4, -0.2) is 34.5 Å². The summed E-state index contributed by atoms with van der Waals surface area (Å²) in [5.41, 5.74) is -0.0678. The molecule has 27 heavy (non-hydrogen) atoms. The number of rotatable bonds is 2. The van der Waals surface area contributed by atoms with Crippen LogP contribution in [0.4, 0.5) is 0 Å². The summed E-state index contributed by atoms with van der Waals surface area (Å²) in [6, 6.07) is 0. The van der Waals surface area contributed by atoms with Crippen molar-refractivity contribution >= 4 is 23.2 Å². The van der Waals surface area contributed by atoms with E-state index in [-0.39, 0.29) is 46.6 Å². The van der Waals surface area contributed by atoms with Crippen LogP contribution in [0, 0.1) is 40.4 Å². The number of carbonyl (C=O) groups excluding carboxylic acids is 2. The fourth-order valence-electron chi connectivity index (χ4n) is 7.02. The Morgan fingerprint density at radius 1 is 1.37 bits per heavy atom. The van der Waals surface area contributed by atoms with Gasteiger partial charge in [-0.05, 0) is 53.7 Å². The van der Waals surface area contributed by atoms with E-state index in [1.807, 2.05) is 12.2 Å². The van der Waals surface area contributed by atoms with E-state index in [1.165, 1.54) is 0 Å². The zero-order chi connectivity index (χ0) is 19.7. The lowest BCUT2D eigenvalue weighted by molar-refractivity contribution is -0.137. The summed E-state index contributed by atoms with van der Waals surface area (Å²) >= 11 is 6.63. The van der Waals surface area contributed by atoms with Crippen LogP contribution >= 0.6 is 11.6 Å². The second-order valence-corrected chi connectivity index (χ2v) is 9.80. The molecular formula is C22H27ClO4. The molecule has 0 heterocycles. The molecule has 0 saturated heterocycles. The molecule has 4 aliphatic rings. The lowest BCUT2D eigenvalue weighted by Gasteiger charge is -2.57. The Morgan fingerprint density at radius 3 is 2.74 bits per heavy atom. The second kappa shape index (κ2) is 6.13. The van der Waals surface area contributed by atoms with Crippen molar-refractivity contribution in [3.05, 3.63) is 34.9 Å². The van der Waals surface area contributed by atoms with Crippen molar-refractivity contribution in [3.8, 4) is 0 Å². The zero-order valence-corrected chi connectivity index (χ0v) is 16.7. The normalized spacial score (nSPS) is 48.3. The van der Waals surface area contributed by atoms with Crippen LogP contribution in [-0.2, 0) is 9.59 Å². The molecule has 4 aliphatic carbocycles. The van der Waals surface area contributed by atoms with Gasteiger partial charge in [-0.1, -0.05) is 44.5 Å². The molecular weight excluding hydrogens is 364 g/mol. The topological polar surface area (TPSA) is 74.6 Å². The highest BCUT2D eigenvalue weighted by Gasteiger charge is 2.64. The minimum atomic E-state index is -0.609. The van der Waals surface area contributed by atoms with Crippen LogP contribution in [0.25, 0.3) is 0 Å². The molecule has 4 rings (SSSR count). The van der Waals surface area contributed by atoms with Crippen molar-refractivity contribution in [2.24, 2.45) is 40.4 Å². The summed E-state index contributed by atoms with van der Waals surface area (Å²) in [5, 5.41) is 21.3. The van der Waals surface area contributed by atoms with Gasteiger partial charge in [0.05, 0.1) is 6.10 Å². The molecule has 0 bridgehead atoms. The average Bonchev–Trinajstić information content (AvgIpc) is 2.85. The number of aliphatic hydroxyl groups excluding tert-OH is 2. The molecule has 0 amide bonds. The van der Waals surface area contributed by atoms with Gasteiger partial charge >= 0.3 is 0 Å². The number of halogens is 1. The number of carbonyl (C=O) groups is 2. The van der Waals surface area contributed by atoms with Gasteiger partial charge in [-0.3, -0.25) is 9.59 Å². The van der Waals surface area contributed by atoms with Crippen molar-refractivity contribution in [1.29, 1.82) is 0 Å². The molecule has 8 atom stereocenters. The van der Waals surface area contributed by atoms with Crippen LogP contribution in [0.3, 0.4) is 0 Å². The van der Waals surface area contributed by atoms with Gasteiger partial charge in [-0.25, -0.2) is 0 Å². The minimum Gasteiger partial charge on any atom is -0.393 e. The number of Topliss-reactive ketones (excluding diaryl/α,β-unsaturated/α-hetero) is 1. The Labute approximate surface area is 165 Å². The van der Waals surface area contributed by atoms with Crippen molar-refractivity contribution in [1.82, 2.24) is 0 Å². The molecule has 2 unspecified atom stereocenters. The second-order valence-electron chi connectivity index (χ2n) is 9.39. The first-order valence-corrected chi connectivity index (χ1v) is 10.2. The molecule has 0 aromatic carbocycles. The molecule has 2 saturated carbocycles. The van der Waals surface area contributed by atoms with Gasteiger partial charge in [-0.15, -0.1) is 0 Å². The van der Waals surface area contributed by atoms with Gasteiger partial charge in [0.15, 0.2) is 11.6 Å². The molecule has 0 aromatic heterocycles. The van der Waals surface area contributed by atoms with E-state index in [2.05, 4.69) is 20.8 Å². The summed E-state index contributed by atoms with van der Waals surface area (Å²) in [6.07, 6.45) is 7.86. The average molecular weight is 391 g/mol. The molecule has 146 valence electrons. The van der Waals surface area contributed by atoms with Gasteiger partial charge < -0.3 is 10.2 Å². The molecule has 4 nitrogen and oxygen atoms in total. The fourth-order valence-corrected chi connectivity index (χ4v) is 7.42. The quantitative estimate of drug-likeness (QED) is 0.760. The minimum absolute atomic E-state index is 0.0326. The third-order valence-electron chi connectivity index (χ3n) is 7.95. The third-order valence-corrected chi connectivity index (χ3v) is 8.28. The fraction of sp³-hybridized carbons (Fsp3) is 0.636. The Morgan fingerprint density at radius 2 is 2.07 bits per heavy atom. The summed E-state index contributed by atoms with van der Waals surface area (Å²) in [5.74, 6) is -0.132. The molecule has 0 aliphatic heterocycles. The molecule has 0 aromatic rings. The predicted octanol–water partition coefficient (Wildman–Crippen LogP) is 3.03. The lowest BCUT2D eigenvalue weighted by atomic mass is 9.48. The van der Waals surface area contributed by atoms with Crippen LogP contribution in [0.5, 0.6) is 0 Å². The van der Waals surface area contributed by atoms with Crippen LogP contribution in [0.1, 0.15) is 33.6 Å². The zero-order valence-electron chi connectivity index (χ0n) is 16.0. The first kappa shape index (κ1) is 19.1. The highest BCUT2D eigenvalue weighted by Crippen LogP contribution is 2.66. The van der Waals surface area contributed by atoms with Gasteiger partial charge in [0.25, 0.3) is 0 Å². The smallest absolute Gasteiger partial charge is 0.178 e. The number of hydrogen-bond acceptors (Lipinski definition) is 4. The third kappa shape index (κ3) is 2.49. The first-order valence-electron chi connectivity index (χ1n) is 9.78. The monoisotopic (exact) mass is 390 g/mol. The maximum Gasteiger partial charge on any atom is 0.178 e. The number of hydrogen-bond donors (Lipinski definition) is 2. The maximum absolute atomic E-state index is 12.5. The summed E-state index contributed by atoms with van der Waals surface area (Å²) in [4.78, 5) is 24.4. The summed E-state index contributed by atoms with van der Waals surface area (Å²) in [6.45, 7) is 5.76. The van der Waals surface area contributed by atoms with E-state index in [0.29, 0.717) is 11.5 Å². The summed E-state index contributed by atoms with van der Waals surface area (Å²) in [7, 11) is 0. The molecule has 0 spiro atoms. The van der Waals surface area contributed by atoms with Crippen molar-refractivity contribution in [2.45, 2.75) is 39.7 Å². The molecule has 2 N–H and O–H groups in total. The SMILES string of the molecule is CC1C[C@H]2[C@@H]3C=C(Cl)C4=CC(=O)C=C[C@]4(C)[C@H]3C(O)C[C@]2(C)[C@H]1C(=O)CO. The van der Waals surface area contributed by atoms with Crippen LogP contribution < -0.4 is 0 Å². The number of fused-ring (bicyclic) bond motifs is 5. The Bertz CT molecular complexity index is 796. The van der Waals surface area contributed by atoms with E-state index >= 15 is 0 Å². The molecule has 5 heteroatoms. The Balaban J connectivity index is 1.83. The highest BCUT2D eigenvalue weighted by molar-refractivity contribution is 6.32. The molecule has 2 fully saturated rings. The van der Waals surface area contributed by atoms with Crippen molar-refractivity contribution in [3.63, 3.8) is 0 Å². The van der Waals surface area contributed by atoms with Crippen molar-refractivity contribution < 1.29 is 19.8 Å². The maximum atomic E-state index is 12.5. The summed E-state index contributed by atoms with van der Waals surface area (Å²) < 4.78 is 0. The predicted molar refractivity (Wildman–Crippen MR) is 103 cm³/mol. The van der Waals surface area contributed by atoms with E-state index in [0.717, 1.165) is 12.0 Å². The van der Waals surface area contributed by atoms with Crippen molar-refractivity contribution in [2.75, 3.05) is 6.61 Å². The largest absolute Gasteiger partial charge is 0.393 e. The molecule has 0 radical (unpaired) electrons. The van der Waals surface area contributed by atoms with Gasteiger partial charge in [0.1, 0.15) is 6.61 Å². The van der Waals surface area contributed by atoms with E-state index in [4.69, 9.17) is 11.6 Å². The number of aliphatic hydroxyl groups is 2. The first-order chi connectivity index (χ1) is 12.6. The van der Waals surface area contributed by atoms with Crippen LogP contribution in [0.2, 0.25) is 0 Å². The standard InChI is InChI=1S/C22H27ClO4/c1-11-6-14-13-8-16(23)15-7-12(25)4-5-21(15,2)20(13)17(26)9-22(14,3)19(11)18(27)10-24/h4-5,7-8,11,13-14,17,19-20,24,26H,6,9-10H2,1-3H3/t11?,13-,14-,17?,19+,20+,21-,22-/m0/s1. The lowest BCUT2D eigenvalue weighted by Crippen LogP contribution is -2.55. The Kier molecular flexibility index (Phi) is 4.34. The number of allylic oxidation sites excluding steroid dienone is 6. The Hall–Kier alpha value is -1.23. The van der Waals surface area contributed by atoms with E-state index in [1.54, 1.807) is 12.2 Å². The van der Waals surface area contributed by atoms with Gasteiger partial charge in [-0.2, -0.15) is 0 Å². The van der Waals surface area contributed by atoms with Crippen LogP contribution in [0.15, 0.2) is 34.9 Å². The van der Waals surface area contributed by atoms with Gasteiger partial charge in [0.2, 0.25) is 0 Å².